The lowest BCUT2D eigenvalue weighted by Gasteiger charge is -2.02. The highest BCUT2D eigenvalue weighted by atomic mass is 16.5. The summed E-state index contributed by atoms with van der Waals surface area (Å²) in [7, 11) is 0. The third-order valence-corrected chi connectivity index (χ3v) is 2.25. The number of para-hydroxylation sites is 1. The van der Waals surface area contributed by atoms with E-state index in [1.54, 1.807) is 30.3 Å². The van der Waals surface area contributed by atoms with Gasteiger partial charge in [-0.3, -0.25) is 5.10 Å². The number of nitrogens with one attached hydrogen (secondary N) is 1. The van der Waals surface area contributed by atoms with Crippen LogP contribution in [0.2, 0.25) is 0 Å². The lowest BCUT2D eigenvalue weighted by atomic mass is 10.3. The van der Waals surface area contributed by atoms with Gasteiger partial charge >= 0.3 is 11.9 Å². The molecule has 2 N–H and O–H groups in total. The van der Waals surface area contributed by atoms with Crippen molar-refractivity contribution < 1.29 is 19.4 Å². The number of hydrogen-bond donors (Lipinski definition) is 2. The predicted octanol–water partition coefficient (Wildman–Crippen LogP) is 2.27. The molecule has 20 heavy (non-hydrogen) atoms. The summed E-state index contributed by atoms with van der Waals surface area (Å²) in [5.41, 5.74) is 7.11. The first-order valence-electron chi connectivity index (χ1n) is 5.27. The predicted molar refractivity (Wildman–Crippen MR) is 65.8 cm³/mol. The Balaban J connectivity index is 2.35. The lowest BCUT2D eigenvalue weighted by molar-refractivity contribution is 0.0690. The van der Waals surface area contributed by atoms with Crippen molar-refractivity contribution in [2.45, 2.75) is 0 Å². The molecule has 0 spiro atoms. The van der Waals surface area contributed by atoms with Crippen LogP contribution in [0, 0.1) is 0 Å². The maximum atomic E-state index is 11.9. The van der Waals surface area contributed by atoms with E-state index in [9.17, 15) is 9.59 Å². The van der Waals surface area contributed by atoms with E-state index in [2.05, 4.69) is 20.2 Å². The van der Waals surface area contributed by atoms with Gasteiger partial charge in [-0.25, -0.2) is 9.59 Å². The molecule has 0 fully saturated rings. The number of carboxylic acid groups (broad SMARTS) is 1. The zero-order valence-electron chi connectivity index (χ0n) is 9.85. The Morgan fingerprint density at radius 1 is 1.35 bits per heavy atom. The molecule has 2 rings (SSSR count). The molecule has 0 atom stereocenters. The average Bonchev–Trinajstić information content (AvgIpc) is 2.84. The van der Waals surface area contributed by atoms with Crippen LogP contribution in [0.15, 0.2) is 35.4 Å². The number of H-pyrrole nitrogens is 1. The molecule has 1 heterocycles. The van der Waals surface area contributed by atoms with E-state index in [4.69, 9.17) is 15.4 Å². The number of carbonyl (C=O) groups is 2. The number of hydrogen-bond acceptors (Lipinski definition) is 5. The zero-order valence-corrected chi connectivity index (χ0v) is 9.85. The van der Waals surface area contributed by atoms with Crippen molar-refractivity contribution in [2.24, 2.45) is 5.11 Å². The van der Waals surface area contributed by atoms with Gasteiger partial charge in [-0.2, -0.15) is 5.10 Å². The van der Waals surface area contributed by atoms with Crippen molar-refractivity contribution in [2.75, 3.05) is 0 Å². The molecule has 1 aromatic carbocycles. The highest BCUT2D eigenvalue weighted by molar-refractivity contribution is 6.01. The largest absolute Gasteiger partial charge is 0.476 e. The van der Waals surface area contributed by atoms with E-state index >= 15 is 0 Å². The molecule has 0 aliphatic rings. The minimum absolute atomic E-state index is 0.260. The van der Waals surface area contributed by atoms with Crippen LogP contribution < -0.4 is 4.74 Å². The lowest BCUT2D eigenvalue weighted by Crippen LogP contribution is -2.09. The number of ether oxygens (including phenoxy) is 1. The topological polar surface area (TPSA) is 141 Å². The number of carboxylic acids is 1. The summed E-state index contributed by atoms with van der Waals surface area (Å²) in [5, 5.41) is 17.6. The summed E-state index contributed by atoms with van der Waals surface area (Å²) in [4.78, 5) is 25.2. The van der Waals surface area contributed by atoms with Crippen molar-refractivity contribution in [3.8, 4) is 5.75 Å². The number of aromatic amines is 1. The molecule has 0 aliphatic carbocycles. The minimum atomic E-state index is -1.43. The van der Waals surface area contributed by atoms with E-state index in [0.29, 0.717) is 0 Å². The fourth-order valence-electron chi connectivity index (χ4n) is 1.42. The highest BCUT2D eigenvalue weighted by Gasteiger charge is 2.23. The van der Waals surface area contributed by atoms with Gasteiger partial charge in [0.1, 0.15) is 11.4 Å². The molecule has 9 heteroatoms. The van der Waals surface area contributed by atoms with Crippen molar-refractivity contribution in [3.05, 3.63) is 52.2 Å². The number of aromatic nitrogens is 2. The molecule has 9 nitrogen and oxygen atoms in total. The maximum Gasteiger partial charge on any atom is 0.362 e. The Bertz CT molecular complexity index is 703. The Hall–Kier alpha value is -3.32. The SMILES string of the molecule is [N-]=[N+]=Nc1c(C(=O)O)n[nH]c1C(=O)Oc1ccccc1. The summed E-state index contributed by atoms with van der Waals surface area (Å²) in [6, 6.07) is 8.14. The summed E-state index contributed by atoms with van der Waals surface area (Å²) in [5.74, 6) is -2.07. The van der Waals surface area contributed by atoms with Gasteiger partial charge in [-0.1, -0.05) is 23.3 Å². The van der Waals surface area contributed by atoms with Crippen LogP contribution in [0.25, 0.3) is 10.4 Å². The maximum absolute atomic E-state index is 11.9. The number of rotatable bonds is 4. The summed E-state index contributed by atoms with van der Waals surface area (Å²) >= 11 is 0. The van der Waals surface area contributed by atoms with Crippen LogP contribution in [-0.4, -0.2) is 27.2 Å². The summed E-state index contributed by atoms with van der Waals surface area (Å²) in [6.45, 7) is 0. The first-order chi connectivity index (χ1) is 9.63. The van der Waals surface area contributed by atoms with Gasteiger partial charge in [0, 0.05) is 4.91 Å². The standard InChI is InChI=1S/C11H7N5O4/c12-16-15-7-8(10(17)18)13-14-9(7)11(19)20-6-4-2-1-3-5-6/h1-5H,(H,13,14)(H,17,18). The quantitative estimate of drug-likeness (QED) is 0.289. The third kappa shape index (κ3) is 2.57. The second kappa shape index (κ2) is 5.55. The fourth-order valence-corrected chi connectivity index (χ4v) is 1.42. The molecule has 0 amide bonds. The second-order valence-electron chi connectivity index (χ2n) is 3.49. The second-order valence-corrected chi connectivity index (χ2v) is 3.49. The van der Waals surface area contributed by atoms with Crippen molar-refractivity contribution in [1.82, 2.24) is 10.2 Å². The Kier molecular flexibility index (Phi) is 3.64. The molecule has 0 saturated heterocycles. The third-order valence-electron chi connectivity index (χ3n) is 2.25. The van der Waals surface area contributed by atoms with E-state index in [1.165, 1.54) is 0 Å². The molecule has 0 unspecified atom stereocenters. The molecule has 2 aromatic rings. The number of nitrogens with zero attached hydrogens (tertiary/aromatic N) is 4. The van der Waals surface area contributed by atoms with Crippen molar-refractivity contribution in [1.29, 1.82) is 0 Å². The molecule has 100 valence electrons. The first-order valence-corrected chi connectivity index (χ1v) is 5.27. The Labute approximate surface area is 111 Å². The Morgan fingerprint density at radius 2 is 2.05 bits per heavy atom. The van der Waals surface area contributed by atoms with Gasteiger partial charge in [-0.05, 0) is 17.7 Å². The van der Waals surface area contributed by atoms with Gasteiger partial charge in [0.15, 0.2) is 11.4 Å². The monoisotopic (exact) mass is 273 g/mol. The zero-order chi connectivity index (χ0) is 14.5. The van der Waals surface area contributed by atoms with Crippen LogP contribution in [0.5, 0.6) is 5.75 Å². The van der Waals surface area contributed by atoms with Crippen LogP contribution >= 0.6 is 0 Å². The van der Waals surface area contributed by atoms with E-state index in [-0.39, 0.29) is 11.4 Å². The summed E-state index contributed by atoms with van der Waals surface area (Å²) < 4.78 is 4.99. The van der Waals surface area contributed by atoms with E-state index in [1.807, 2.05) is 0 Å². The molecule has 0 aliphatic heterocycles. The smallest absolute Gasteiger partial charge is 0.362 e. The van der Waals surface area contributed by atoms with Crippen LogP contribution in [-0.2, 0) is 0 Å². The van der Waals surface area contributed by atoms with Crippen molar-refractivity contribution >= 4 is 17.6 Å². The minimum Gasteiger partial charge on any atom is -0.476 e. The van der Waals surface area contributed by atoms with Gasteiger partial charge in [0.2, 0.25) is 0 Å². The number of benzene rings is 1. The van der Waals surface area contributed by atoms with Crippen LogP contribution in [0.1, 0.15) is 21.0 Å². The summed E-state index contributed by atoms with van der Waals surface area (Å²) in [6.07, 6.45) is 0. The number of esters is 1. The molecule has 0 saturated carbocycles. The van der Waals surface area contributed by atoms with Crippen LogP contribution in [0.4, 0.5) is 5.69 Å². The van der Waals surface area contributed by atoms with Gasteiger partial charge in [-0.15, -0.1) is 0 Å². The normalized spacial score (nSPS) is 9.60. The van der Waals surface area contributed by atoms with Gasteiger partial charge in [0.25, 0.3) is 0 Å². The molecule has 0 bridgehead atoms. The highest BCUT2D eigenvalue weighted by Crippen LogP contribution is 2.24. The number of carbonyl (C=O) groups excluding carboxylic acids is 1. The van der Waals surface area contributed by atoms with E-state index < -0.39 is 23.3 Å². The Morgan fingerprint density at radius 3 is 2.65 bits per heavy atom. The first kappa shape index (κ1) is 13.1. The van der Waals surface area contributed by atoms with Gasteiger partial charge in [0.05, 0.1) is 0 Å². The molecular formula is C11H7N5O4. The van der Waals surface area contributed by atoms with Gasteiger partial charge < -0.3 is 9.84 Å². The van der Waals surface area contributed by atoms with Crippen molar-refractivity contribution in [3.63, 3.8) is 0 Å². The molecular weight excluding hydrogens is 266 g/mol. The fraction of sp³-hybridized carbons (Fsp3) is 0. The molecule has 0 radical (unpaired) electrons. The number of azide groups is 1. The van der Waals surface area contributed by atoms with E-state index in [0.717, 1.165) is 0 Å². The molecule has 1 aromatic heterocycles. The average molecular weight is 273 g/mol. The number of aromatic carboxylic acids is 1. The van der Waals surface area contributed by atoms with Crippen LogP contribution in [0.3, 0.4) is 0 Å².